The van der Waals surface area contributed by atoms with Crippen LogP contribution in [0.4, 0.5) is 0 Å². The summed E-state index contributed by atoms with van der Waals surface area (Å²) in [6.07, 6.45) is 1.44. The molecule has 0 heteroatoms. The number of allylic oxidation sites excluding steroid dienone is 1. The SMILES string of the molecule is C=C1C2C(C)CC(C)C12. The van der Waals surface area contributed by atoms with Crippen LogP contribution in [0.3, 0.4) is 0 Å². The molecule has 0 spiro atoms. The van der Waals surface area contributed by atoms with Crippen LogP contribution >= 0.6 is 0 Å². The van der Waals surface area contributed by atoms with E-state index in [4.69, 9.17) is 0 Å². The molecule has 0 aromatic rings. The van der Waals surface area contributed by atoms with E-state index in [2.05, 4.69) is 20.4 Å². The maximum atomic E-state index is 4.05. The van der Waals surface area contributed by atoms with Crippen molar-refractivity contribution in [3.63, 3.8) is 0 Å². The molecule has 0 saturated heterocycles. The number of hydrogen-bond donors (Lipinski definition) is 0. The minimum Gasteiger partial charge on any atom is -0.0992 e. The minimum atomic E-state index is 0.931. The zero-order valence-corrected chi connectivity index (χ0v) is 6.22. The van der Waals surface area contributed by atoms with Gasteiger partial charge in [0.15, 0.2) is 0 Å². The van der Waals surface area contributed by atoms with Gasteiger partial charge in [0, 0.05) is 0 Å². The topological polar surface area (TPSA) is 0 Å². The number of rotatable bonds is 0. The molecule has 9 heavy (non-hydrogen) atoms. The van der Waals surface area contributed by atoms with E-state index in [-0.39, 0.29) is 0 Å². The second-order valence-corrected chi connectivity index (χ2v) is 3.82. The molecule has 0 heterocycles. The average molecular weight is 122 g/mol. The molecule has 2 saturated carbocycles. The summed E-state index contributed by atoms with van der Waals surface area (Å²) < 4.78 is 0. The Bertz CT molecular complexity index is 141. The molecule has 0 N–H and O–H groups in total. The summed E-state index contributed by atoms with van der Waals surface area (Å²) in [5.74, 6) is 3.75. The van der Waals surface area contributed by atoms with Crippen LogP contribution in [0, 0.1) is 23.7 Å². The monoisotopic (exact) mass is 122 g/mol. The third kappa shape index (κ3) is 0.540. The fraction of sp³-hybridized carbons (Fsp3) is 0.778. The highest BCUT2D eigenvalue weighted by Crippen LogP contribution is 2.61. The Hall–Kier alpha value is -0.260. The van der Waals surface area contributed by atoms with E-state index in [1.165, 1.54) is 6.42 Å². The predicted octanol–water partition coefficient (Wildman–Crippen LogP) is 2.46. The van der Waals surface area contributed by atoms with Crippen molar-refractivity contribution in [1.82, 2.24) is 0 Å². The first-order chi connectivity index (χ1) is 4.22. The second kappa shape index (κ2) is 1.42. The van der Waals surface area contributed by atoms with Crippen molar-refractivity contribution >= 4 is 0 Å². The van der Waals surface area contributed by atoms with Crippen LogP contribution < -0.4 is 0 Å². The third-order valence-corrected chi connectivity index (χ3v) is 3.10. The Morgan fingerprint density at radius 2 is 1.67 bits per heavy atom. The second-order valence-electron chi connectivity index (χ2n) is 3.82. The van der Waals surface area contributed by atoms with Crippen molar-refractivity contribution in [3.05, 3.63) is 12.2 Å². The summed E-state index contributed by atoms with van der Waals surface area (Å²) in [5, 5.41) is 0. The number of hydrogen-bond acceptors (Lipinski definition) is 0. The zero-order valence-electron chi connectivity index (χ0n) is 6.22. The van der Waals surface area contributed by atoms with Gasteiger partial charge in [0.1, 0.15) is 0 Å². The molecule has 4 unspecified atom stereocenters. The summed E-state index contributed by atoms with van der Waals surface area (Å²) in [7, 11) is 0. The van der Waals surface area contributed by atoms with Gasteiger partial charge in [0.2, 0.25) is 0 Å². The lowest BCUT2D eigenvalue weighted by Crippen LogP contribution is -1.96. The van der Waals surface area contributed by atoms with E-state index in [0.717, 1.165) is 23.7 Å². The van der Waals surface area contributed by atoms with E-state index in [9.17, 15) is 0 Å². The first-order valence-corrected chi connectivity index (χ1v) is 3.90. The fourth-order valence-corrected chi connectivity index (χ4v) is 2.68. The van der Waals surface area contributed by atoms with Crippen molar-refractivity contribution in [2.45, 2.75) is 20.3 Å². The lowest BCUT2D eigenvalue weighted by Gasteiger charge is -2.06. The first-order valence-electron chi connectivity index (χ1n) is 3.90. The molecule has 0 bridgehead atoms. The Labute approximate surface area is 57.0 Å². The summed E-state index contributed by atoms with van der Waals surface area (Å²) in [6, 6.07) is 0. The van der Waals surface area contributed by atoms with Crippen LogP contribution in [-0.2, 0) is 0 Å². The van der Waals surface area contributed by atoms with E-state index >= 15 is 0 Å². The quantitative estimate of drug-likeness (QED) is 0.433. The minimum absolute atomic E-state index is 0.931. The predicted molar refractivity (Wildman–Crippen MR) is 39.1 cm³/mol. The highest BCUT2D eigenvalue weighted by molar-refractivity contribution is 5.31. The Kier molecular flexibility index (Phi) is 0.870. The normalized spacial score (nSPS) is 55.6. The highest BCUT2D eigenvalue weighted by Gasteiger charge is 2.53. The summed E-state index contributed by atoms with van der Waals surface area (Å²) in [5.41, 5.74) is 1.54. The van der Waals surface area contributed by atoms with Gasteiger partial charge in [-0.25, -0.2) is 0 Å². The van der Waals surface area contributed by atoms with Crippen molar-refractivity contribution in [1.29, 1.82) is 0 Å². The average Bonchev–Trinajstić information content (AvgIpc) is 2.30. The standard InChI is InChI=1S/C9H14/c1-5-4-6(2)9-7(3)8(5)9/h5-6,8-9H,3-4H2,1-2H3. The van der Waals surface area contributed by atoms with Gasteiger partial charge in [0.25, 0.3) is 0 Å². The van der Waals surface area contributed by atoms with Gasteiger partial charge in [-0.1, -0.05) is 26.0 Å². The van der Waals surface area contributed by atoms with Crippen molar-refractivity contribution < 1.29 is 0 Å². The van der Waals surface area contributed by atoms with Gasteiger partial charge in [-0.15, -0.1) is 0 Å². The lowest BCUT2D eigenvalue weighted by atomic mass is 9.99. The molecule has 2 rings (SSSR count). The molecule has 0 nitrogen and oxygen atoms in total. The first kappa shape index (κ1) is 5.52. The fourth-order valence-electron chi connectivity index (χ4n) is 2.68. The Morgan fingerprint density at radius 3 is 1.89 bits per heavy atom. The molecule has 2 fully saturated rings. The van der Waals surface area contributed by atoms with Crippen LogP contribution in [0.5, 0.6) is 0 Å². The molecule has 2 aliphatic carbocycles. The van der Waals surface area contributed by atoms with E-state index in [1.54, 1.807) is 5.57 Å². The summed E-state index contributed by atoms with van der Waals surface area (Å²) >= 11 is 0. The van der Waals surface area contributed by atoms with Crippen molar-refractivity contribution in [2.75, 3.05) is 0 Å². The molecule has 4 atom stereocenters. The lowest BCUT2D eigenvalue weighted by molar-refractivity contribution is 0.495. The van der Waals surface area contributed by atoms with Crippen LogP contribution in [0.1, 0.15) is 20.3 Å². The molecule has 0 aromatic heterocycles. The molecular formula is C9H14. The molecule has 0 aliphatic heterocycles. The van der Waals surface area contributed by atoms with Gasteiger partial charge in [0.05, 0.1) is 0 Å². The van der Waals surface area contributed by atoms with Crippen LogP contribution in [-0.4, -0.2) is 0 Å². The maximum Gasteiger partial charge on any atom is -0.0109 e. The van der Waals surface area contributed by atoms with Crippen LogP contribution in [0.2, 0.25) is 0 Å². The van der Waals surface area contributed by atoms with E-state index in [0.29, 0.717) is 0 Å². The number of fused-ring (bicyclic) bond motifs is 1. The zero-order chi connectivity index (χ0) is 6.59. The largest absolute Gasteiger partial charge is 0.0992 e. The summed E-state index contributed by atoms with van der Waals surface area (Å²) in [4.78, 5) is 0. The van der Waals surface area contributed by atoms with Crippen LogP contribution in [0.15, 0.2) is 12.2 Å². The molecule has 50 valence electrons. The van der Waals surface area contributed by atoms with Crippen molar-refractivity contribution in [2.24, 2.45) is 23.7 Å². The third-order valence-electron chi connectivity index (χ3n) is 3.10. The molecule has 0 radical (unpaired) electrons. The summed E-state index contributed by atoms with van der Waals surface area (Å²) in [6.45, 7) is 8.77. The molecule has 0 aromatic carbocycles. The van der Waals surface area contributed by atoms with Crippen molar-refractivity contribution in [3.8, 4) is 0 Å². The van der Waals surface area contributed by atoms with Gasteiger partial charge >= 0.3 is 0 Å². The highest BCUT2D eigenvalue weighted by atomic mass is 14.6. The Balaban J connectivity index is 2.19. The van der Waals surface area contributed by atoms with Crippen LogP contribution in [0.25, 0.3) is 0 Å². The molecular weight excluding hydrogens is 108 g/mol. The molecule has 2 aliphatic rings. The Morgan fingerprint density at radius 1 is 1.22 bits per heavy atom. The maximum absolute atomic E-state index is 4.05. The van der Waals surface area contributed by atoms with E-state index in [1.807, 2.05) is 0 Å². The van der Waals surface area contributed by atoms with E-state index < -0.39 is 0 Å². The van der Waals surface area contributed by atoms with Gasteiger partial charge < -0.3 is 0 Å². The molecule has 0 amide bonds. The van der Waals surface area contributed by atoms with Gasteiger partial charge in [-0.3, -0.25) is 0 Å². The smallest absolute Gasteiger partial charge is 0.0109 e. The van der Waals surface area contributed by atoms with Gasteiger partial charge in [-0.2, -0.15) is 0 Å². The van der Waals surface area contributed by atoms with Gasteiger partial charge in [-0.05, 0) is 30.1 Å².